The van der Waals surface area contributed by atoms with Gasteiger partial charge in [-0.15, -0.1) is 0 Å². The van der Waals surface area contributed by atoms with Crippen LogP contribution in [-0.4, -0.2) is 37.8 Å². The maximum absolute atomic E-state index is 11.8. The Morgan fingerprint density at radius 2 is 2.17 bits per heavy atom. The molecule has 1 aromatic rings. The van der Waals surface area contributed by atoms with Gasteiger partial charge in [-0.1, -0.05) is 30.3 Å². The van der Waals surface area contributed by atoms with Gasteiger partial charge in [0.2, 0.25) is 0 Å². The van der Waals surface area contributed by atoms with Crippen molar-refractivity contribution in [1.29, 1.82) is 0 Å². The predicted octanol–water partition coefficient (Wildman–Crippen LogP) is 2.29. The second-order valence-corrected chi connectivity index (χ2v) is 4.60. The fraction of sp³-hybridized carbons (Fsp3) is 0.500. The number of hydrogen-bond donors (Lipinski definition) is 0. The average molecular weight is 249 g/mol. The standard InChI is InChI=1S/C14H19NO3/c1-17-10-13-7-8-15(9-13)14(16)18-11-12-5-3-2-4-6-12/h2-6,13H,7-11H2,1H3. The van der Waals surface area contributed by atoms with Crippen LogP contribution in [0.3, 0.4) is 0 Å². The van der Waals surface area contributed by atoms with E-state index >= 15 is 0 Å². The number of hydrogen-bond acceptors (Lipinski definition) is 3. The molecule has 1 amide bonds. The maximum atomic E-state index is 11.8. The Morgan fingerprint density at radius 3 is 2.89 bits per heavy atom. The van der Waals surface area contributed by atoms with Crippen LogP contribution in [0.1, 0.15) is 12.0 Å². The summed E-state index contributed by atoms with van der Waals surface area (Å²) in [5.41, 5.74) is 1.01. The Hall–Kier alpha value is -1.55. The van der Waals surface area contributed by atoms with Crippen LogP contribution in [0.15, 0.2) is 30.3 Å². The summed E-state index contributed by atoms with van der Waals surface area (Å²) in [6.45, 7) is 2.55. The lowest BCUT2D eigenvalue weighted by Gasteiger charge is -2.16. The van der Waals surface area contributed by atoms with Crippen molar-refractivity contribution in [3.63, 3.8) is 0 Å². The maximum Gasteiger partial charge on any atom is 0.410 e. The van der Waals surface area contributed by atoms with Gasteiger partial charge in [0.05, 0.1) is 6.61 Å². The van der Waals surface area contributed by atoms with Crippen molar-refractivity contribution in [2.24, 2.45) is 5.92 Å². The SMILES string of the molecule is COCC1CCN(C(=O)OCc2ccccc2)C1. The number of amides is 1. The summed E-state index contributed by atoms with van der Waals surface area (Å²) in [5, 5.41) is 0. The van der Waals surface area contributed by atoms with E-state index < -0.39 is 0 Å². The van der Waals surface area contributed by atoms with Gasteiger partial charge in [-0.3, -0.25) is 0 Å². The number of rotatable bonds is 4. The number of methoxy groups -OCH3 is 1. The largest absolute Gasteiger partial charge is 0.445 e. The van der Waals surface area contributed by atoms with Crippen molar-refractivity contribution in [1.82, 2.24) is 4.90 Å². The third kappa shape index (κ3) is 3.47. The lowest BCUT2D eigenvalue weighted by Crippen LogP contribution is -2.29. The van der Waals surface area contributed by atoms with Gasteiger partial charge < -0.3 is 14.4 Å². The predicted molar refractivity (Wildman–Crippen MR) is 68.2 cm³/mol. The lowest BCUT2D eigenvalue weighted by molar-refractivity contribution is 0.0993. The van der Waals surface area contributed by atoms with Gasteiger partial charge in [-0.25, -0.2) is 4.79 Å². The Labute approximate surface area is 107 Å². The number of likely N-dealkylation sites (tertiary alicyclic amines) is 1. The molecule has 1 aliphatic heterocycles. The number of benzene rings is 1. The van der Waals surface area contributed by atoms with Crippen molar-refractivity contribution in [3.05, 3.63) is 35.9 Å². The highest BCUT2D eigenvalue weighted by Gasteiger charge is 2.26. The molecule has 1 unspecified atom stereocenters. The molecule has 0 N–H and O–H groups in total. The monoisotopic (exact) mass is 249 g/mol. The molecule has 0 bridgehead atoms. The van der Waals surface area contributed by atoms with E-state index in [1.165, 1.54) is 0 Å². The summed E-state index contributed by atoms with van der Waals surface area (Å²) in [7, 11) is 1.69. The van der Waals surface area contributed by atoms with Crippen molar-refractivity contribution in [3.8, 4) is 0 Å². The van der Waals surface area contributed by atoms with Crippen molar-refractivity contribution in [2.45, 2.75) is 13.0 Å². The Bertz CT molecular complexity index is 380. The molecule has 1 heterocycles. The Balaban J connectivity index is 1.76. The van der Waals surface area contributed by atoms with Crippen LogP contribution in [0.25, 0.3) is 0 Å². The molecule has 0 saturated carbocycles. The molecule has 2 rings (SSSR count). The minimum atomic E-state index is -0.225. The van der Waals surface area contributed by atoms with E-state index in [1.807, 2.05) is 30.3 Å². The van der Waals surface area contributed by atoms with E-state index in [2.05, 4.69) is 0 Å². The van der Waals surface area contributed by atoms with E-state index in [1.54, 1.807) is 12.0 Å². The quantitative estimate of drug-likeness (QED) is 0.821. The zero-order valence-electron chi connectivity index (χ0n) is 10.7. The zero-order chi connectivity index (χ0) is 12.8. The van der Waals surface area contributed by atoms with Gasteiger partial charge in [-0.05, 0) is 12.0 Å². The van der Waals surface area contributed by atoms with E-state index in [-0.39, 0.29) is 6.09 Å². The highest BCUT2D eigenvalue weighted by molar-refractivity contribution is 5.68. The van der Waals surface area contributed by atoms with Gasteiger partial charge >= 0.3 is 6.09 Å². The number of carbonyl (C=O) groups is 1. The second kappa shape index (κ2) is 6.40. The van der Waals surface area contributed by atoms with Crippen LogP contribution in [0.4, 0.5) is 4.79 Å². The highest BCUT2D eigenvalue weighted by Crippen LogP contribution is 2.17. The van der Waals surface area contributed by atoms with Crippen LogP contribution >= 0.6 is 0 Å². The Morgan fingerprint density at radius 1 is 1.39 bits per heavy atom. The summed E-state index contributed by atoms with van der Waals surface area (Å²) < 4.78 is 10.4. The van der Waals surface area contributed by atoms with E-state index in [4.69, 9.17) is 9.47 Å². The molecule has 1 saturated heterocycles. The number of ether oxygens (including phenoxy) is 2. The normalized spacial score (nSPS) is 18.9. The van der Waals surface area contributed by atoms with Gasteiger partial charge in [0.15, 0.2) is 0 Å². The first kappa shape index (κ1) is 12.9. The fourth-order valence-corrected chi connectivity index (χ4v) is 2.18. The van der Waals surface area contributed by atoms with Crippen LogP contribution in [0.5, 0.6) is 0 Å². The molecular weight excluding hydrogens is 230 g/mol. The zero-order valence-corrected chi connectivity index (χ0v) is 10.7. The van der Waals surface area contributed by atoms with Gasteiger partial charge in [0, 0.05) is 26.1 Å². The molecule has 98 valence electrons. The second-order valence-electron chi connectivity index (χ2n) is 4.60. The number of carbonyl (C=O) groups excluding carboxylic acids is 1. The highest BCUT2D eigenvalue weighted by atomic mass is 16.6. The van der Waals surface area contributed by atoms with E-state index in [0.717, 1.165) is 25.1 Å². The molecule has 0 radical (unpaired) electrons. The molecule has 0 spiro atoms. The van der Waals surface area contributed by atoms with Crippen LogP contribution < -0.4 is 0 Å². The summed E-state index contributed by atoms with van der Waals surface area (Å²) in [5.74, 6) is 0.444. The lowest BCUT2D eigenvalue weighted by atomic mass is 10.1. The molecule has 1 aliphatic rings. The van der Waals surface area contributed by atoms with Gasteiger partial charge in [0.1, 0.15) is 6.61 Å². The topological polar surface area (TPSA) is 38.8 Å². The summed E-state index contributed by atoms with van der Waals surface area (Å²) in [6.07, 6.45) is 0.770. The summed E-state index contributed by atoms with van der Waals surface area (Å²) in [6, 6.07) is 9.72. The summed E-state index contributed by atoms with van der Waals surface area (Å²) >= 11 is 0. The van der Waals surface area contributed by atoms with Crippen LogP contribution in [0.2, 0.25) is 0 Å². The fourth-order valence-electron chi connectivity index (χ4n) is 2.18. The molecule has 0 aliphatic carbocycles. The molecule has 1 aromatic carbocycles. The molecule has 4 heteroatoms. The van der Waals surface area contributed by atoms with Crippen molar-refractivity contribution >= 4 is 6.09 Å². The molecule has 1 fully saturated rings. The molecule has 1 atom stereocenters. The average Bonchev–Trinajstić information content (AvgIpc) is 2.86. The van der Waals surface area contributed by atoms with Crippen molar-refractivity contribution in [2.75, 3.05) is 26.8 Å². The smallest absolute Gasteiger partial charge is 0.410 e. The molecular formula is C14H19NO3. The third-order valence-corrected chi connectivity index (χ3v) is 3.15. The van der Waals surface area contributed by atoms with E-state index in [9.17, 15) is 4.79 Å². The minimum absolute atomic E-state index is 0.225. The van der Waals surface area contributed by atoms with E-state index in [0.29, 0.717) is 19.1 Å². The minimum Gasteiger partial charge on any atom is -0.445 e. The van der Waals surface area contributed by atoms with Gasteiger partial charge in [-0.2, -0.15) is 0 Å². The van der Waals surface area contributed by atoms with Crippen LogP contribution in [0, 0.1) is 5.92 Å². The first-order chi connectivity index (χ1) is 8.79. The first-order valence-electron chi connectivity index (χ1n) is 6.24. The number of nitrogens with zero attached hydrogens (tertiary/aromatic N) is 1. The first-order valence-corrected chi connectivity index (χ1v) is 6.24. The molecule has 18 heavy (non-hydrogen) atoms. The molecule has 4 nitrogen and oxygen atoms in total. The molecule has 0 aromatic heterocycles. The van der Waals surface area contributed by atoms with Crippen LogP contribution in [-0.2, 0) is 16.1 Å². The third-order valence-electron chi connectivity index (χ3n) is 3.15. The van der Waals surface area contributed by atoms with Crippen molar-refractivity contribution < 1.29 is 14.3 Å². The summed E-state index contributed by atoms with van der Waals surface area (Å²) in [4.78, 5) is 13.6. The van der Waals surface area contributed by atoms with Gasteiger partial charge in [0.25, 0.3) is 0 Å². The Kier molecular flexibility index (Phi) is 4.59.